The van der Waals surface area contributed by atoms with E-state index in [1.54, 1.807) is 0 Å². The summed E-state index contributed by atoms with van der Waals surface area (Å²) in [7, 11) is 0. The molecule has 3 heteroatoms. The first-order chi connectivity index (χ1) is 9.02. The van der Waals surface area contributed by atoms with Gasteiger partial charge in [-0.05, 0) is 49.3 Å². The molecule has 0 heterocycles. The van der Waals surface area contributed by atoms with E-state index >= 15 is 0 Å². The van der Waals surface area contributed by atoms with E-state index in [9.17, 15) is 4.79 Å². The van der Waals surface area contributed by atoms with E-state index in [0.717, 1.165) is 31.4 Å². The molecule has 19 heavy (non-hydrogen) atoms. The Balaban J connectivity index is 1.90. The molecule has 0 radical (unpaired) electrons. The van der Waals surface area contributed by atoms with Crippen LogP contribution in [0.4, 0.5) is 5.69 Å². The van der Waals surface area contributed by atoms with Gasteiger partial charge in [0.05, 0.1) is 0 Å². The lowest BCUT2D eigenvalue weighted by Crippen LogP contribution is -2.48. The van der Waals surface area contributed by atoms with Crippen LogP contribution in [-0.4, -0.2) is 11.4 Å². The van der Waals surface area contributed by atoms with Crippen LogP contribution in [0.5, 0.6) is 0 Å². The van der Waals surface area contributed by atoms with Crippen molar-refractivity contribution in [3.05, 3.63) is 29.8 Å². The van der Waals surface area contributed by atoms with Crippen LogP contribution in [-0.2, 0) is 4.79 Å². The highest BCUT2D eigenvalue weighted by molar-refractivity contribution is 5.91. The van der Waals surface area contributed by atoms with E-state index < -0.39 is 0 Å². The summed E-state index contributed by atoms with van der Waals surface area (Å²) in [4.78, 5) is 11.9. The van der Waals surface area contributed by atoms with Gasteiger partial charge in [-0.15, -0.1) is 0 Å². The average molecular weight is 260 g/mol. The molecule has 1 aliphatic rings. The molecular formula is C16H24N2O. The Morgan fingerprint density at radius 1 is 1.37 bits per heavy atom. The van der Waals surface area contributed by atoms with Gasteiger partial charge in [-0.25, -0.2) is 0 Å². The van der Waals surface area contributed by atoms with E-state index in [2.05, 4.69) is 31.3 Å². The predicted octanol–water partition coefficient (Wildman–Crippen LogP) is 3.41. The first-order valence-electron chi connectivity index (χ1n) is 7.21. The number of nitrogens with one attached hydrogen (secondary N) is 1. The molecule has 1 amide bonds. The van der Waals surface area contributed by atoms with Gasteiger partial charge in [0.2, 0.25) is 5.91 Å². The average Bonchev–Trinajstić information content (AvgIpc) is 2.36. The molecule has 0 saturated heterocycles. The largest absolute Gasteiger partial charge is 0.326 e. The molecule has 1 unspecified atom stereocenters. The van der Waals surface area contributed by atoms with E-state index in [1.165, 1.54) is 5.56 Å². The Hall–Kier alpha value is -1.35. The molecule has 2 rings (SSSR count). The maximum Gasteiger partial charge on any atom is 0.226 e. The van der Waals surface area contributed by atoms with Crippen molar-refractivity contribution in [3.8, 4) is 0 Å². The lowest BCUT2D eigenvalue weighted by molar-refractivity contribution is -0.118. The van der Waals surface area contributed by atoms with Crippen LogP contribution in [0.2, 0.25) is 0 Å². The van der Waals surface area contributed by atoms with Gasteiger partial charge in [0, 0.05) is 17.6 Å². The lowest BCUT2D eigenvalue weighted by atomic mass is 9.75. The van der Waals surface area contributed by atoms with Gasteiger partial charge in [-0.2, -0.15) is 0 Å². The Labute approximate surface area is 115 Å². The number of carbonyl (C=O) groups is 1. The van der Waals surface area contributed by atoms with Crippen LogP contribution in [0.3, 0.4) is 0 Å². The van der Waals surface area contributed by atoms with E-state index in [4.69, 9.17) is 5.73 Å². The molecule has 1 aromatic rings. The Morgan fingerprint density at radius 3 is 2.47 bits per heavy atom. The highest BCUT2D eigenvalue weighted by Crippen LogP contribution is 2.32. The number of carbonyl (C=O) groups excluding carboxylic acids is 1. The van der Waals surface area contributed by atoms with Gasteiger partial charge < -0.3 is 11.1 Å². The number of rotatable bonds is 5. The zero-order chi connectivity index (χ0) is 13.9. The second-order valence-corrected chi connectivity index (χ2v) is 5.87. The van der Waals surface area contributed by atoms with Gasteiger partial charge >= 0.3 is 0 Å². The first-order valence-corrected chi connectivity index (χ1v) is 7.21. The molecule has 1 saturated carbocycles. The molecule has 1 aliphatic carbocycles. The summed E-state index contributed by atoms with van der Waals surface area (Å²) in [6, 6.07) is 8.13. The third-order valence-electron chi connectivity index (χ3n) is 4.24. The molecule has 3 N–H and O–H groups in total. The normalized spacial score (nSPS) is 18.5. The predicted molar refractivity (Wildman–Crippen MR) is 79.2 cm³/mol. The Bertz CT molecular complexity index is 435. The number of hydrogen-bond acceptors (Lipinski definition) is 2. The van der Waals surface area contributed by atoms with Crippen LogP contribution in [0.1, 0.15) is 57.4 Å². The van der Waals surface area contributed by atoms with Crippen molar-refractivity contribution < 1.29 is 4.79 Å². The maximum absolute atomic E-state index is 11.9. The van der Waals surface area contributed by atoms with Crippen molar-refractivity contribution in [2.45, 2.75) is 57.4 Å². The van der Waals surface area contributed by atoms with Crippen molar-refractivity contribution in [3.63, 3.8) is 0 Å². The monoisotopic (exact) mass is 260 g/mol. The van der Waals surface area contributed by atoms with Crippen molar-refractivity contribution in [2.24, 2.45) is 5.73 Å². The minimum absolute atomic E-state index is 0.0264. The van der Waals surface area contributed by atoms with E-state index in [1.807, 2.05) is 12.1 Å². The van der Waals surface area contributed by atoms with Crippen LogP contribution in [0, 0.1) is 0 Å². The third-order valence-corrected chi connectivity index (χ3v) is 4.24. The summed E-state index contributed by atoms with van der Waals surface area (Å²) in [6.07, 6.45) is 4.63. The molecule has 1 aromatic carbocycles. The quantitative estimate of drug-likeness (QED) is 0.852. The molecule has 0 bridgehead atoms. The fourth-order valence-corrected chi connectivity index (χ4v) is 2.46. The van der Waals surface area contributed by atoms with Gasteiger partial charge in [0.15, 0.2) is 0 Å². The van der Waals surface area contributed by atoms with Gasteiger partial charge in [0.25, 0.3) is 0 Å². The summed E-state index contributed by atoms with van der Waals surface area (Å²) in [6.45, 7) is 4.39. The van der Waals surface area contributed by atoms with Crippen LogP contribution >= 0.6 is 0 Å². The maximum atomic E-state index is 11.9. The van der Waals surface area contributed by atoms with Crippen molar-refractivity contribution in [2.75, 3.05) is 5.32 Å². The number of anilines is 1. The Kier molecular flexibility index (Phi) is 4.25. The SMILES string of the molecule is CCC(C)c1ccc(NC(=O)CC2(N)CCC2)cc1. The molecular weight excluding hydrogens is 236 g/mol. The summed E-state index contributed by atoms with van der Waals surface area (Å²) in [5, 5.41) is 2.93. The van der Waals surface area contributed by atoms with Crippen LogP contribution in [0.15, 0.2) is 24.3 Å². The summed E-state index contributed by atoms with van der Waals surface area (Å²) < 4.78 is 0. The number of benzene rings is 1. The highest BCUT2D eigenvalue weighted by atomic mass is 16.1. The fourth-order valence-electron chi connectivity index (χ4n) is 2.46. The Morgan fingerprint density at radius 2 is 2.00 bits per heavy atom. The molecule has 3 nitrogen and oxygen atoms in total. The zero-order valence-electron chi connectivity index (χ0n) is 11.9. The molecule has 1 fully saturated rings. The number of hydrogen-bond donors (Lipinski definition) is 2. The fraction of sp³-hybridized carbons (Fsp3) is 0.562. The second kappa shape index (κ2) is 5.74. The van der Waals surface area contributed by atoms with Gasteiger partial charge in [0.1, 0.15) is 0 Å². The molecule has 0 aliphatic heterocycles. The van der Waals surface area contributed by atoms with Crippen molar-refractivity contribution >= 4 is 11.6 Å². The first kappa shape index (κ1) is 14.1. The number of nitrogens with two attached hydrogens (primary N) is 1. The van der Waals surface area contributed by atoms with Crippen molar-refractivity contribution in [1.29, 1.82) is 0 Å². The second-order valence-electron chi connectivity index (χ2n) is 5.87. The van der Waals surface area contributed by atoms with Crippen LogP contribution in [0.25, 0.3) is 0 Å². The minimum atomic E-state index is -0.249. The summed E-state index contributed by atoms with van der Waals surface area (Å²) in [5.74, 6) is 0.588. The van der Waals surface area contributed by atoms with Gasteiger partial charge in [-0.3, -0.25) is 4.79 Å². The highest BCUT2D eigenvalue weighted by Gasteiger charge is 2.34. The minimum Gasteiger partial charge on any atom is -0.326 e. The molecule has 0 aromatic heterocycles. The topological polar surface area (TPSA) is 55.1 Å². The molecule has 1 atom stereocenters. The van der Waals surface area contributed by atoms with E-state index in [0.29, 0.717) is 12.3 Å². The smallest absolute Gasteiger partial charge is 0.226 e. The third kappa shape index (κ3) is 3.57. The number of amides is 1. The standard InChI is InChI=1S/C16H24N2O/c1-3-12(2)13-5-7-14(8-6-13)18-15(19)11-16(17)9-4-10-16/h5-8,12H,3-4,9-11,17H2,1-2H3,(H,18,19). The molecule has 104 valence electrons. The zero-order valence-corrected chi connectivity index (χ0v) is 11.9. The summed E-state index contributed by atoms with van der Waals surface area (Å²) in [5.41, 5.74) is 8.00. The summed E-state index contributed by atoms with van der Waals surface area (Å²) >= 11 is 0. The van der Waals surface area contributed by atoms with Crippen molar-refractivity contribution in [1.82, 2.24) is 0 Å². The lowest BCUT2D eigenvalue weighted by Gasteiger charge is -2.37. The van der Waals surface area contributed by atoms with E-state index in [-0.39, 0.29) is 11.4 Å². The molecule has 0 spiro atoms. The van der Waals surface area contributed by atoms with Gasteiger partial charge in [-0.1, -0.05) is 26.0 Å². The van der Waals surface area contributed by atoms with Crippen LogP contribution < -0.4 is 11.1 Å².